The Balaban J connectivity index is 0. The molecule has 0 atom stereocenters. The van der Waals surface area contributed by atoms with Crippen LogP contribution in [0.1, 0.15) is 6.42 Å². The summed E-state index contributed by atoms with van der Waals surface area (Å²) < 4.78 is 7.21. The maximum Gasteiger partial charge on any atom is -0.147 e. The van der Waals surface area contributed by atoms with E-state index in [0.29, 0.717) is 0 Å². The third-order valence-corrected chi connectivity index (χ3v) is 2.84. The maximum absolute atomic E-state index is 5.84. The summed E-state index contributed by atoms with van der Waals surface area (Å²) in [5.74, 6) is 1.11. The zero-order valence-electron chi connectivity index (χ0n) is 8.09. The molecule has 75 valence electrons. The van der Waals surface area contributed by atoms with Gasteiger partial charge in [-0.15, -0.1) is 24.8 Å². The summed E-state index contributed by atoms with van der Waals surface area (Å²) in [5.41, 5.74) is 0. The zero-order valence-corrected chi connectivity index (χ0v) is 12.3. The molecule has 0 radical (unpaired) electrons. The molecule has 13 heavy (non-hydrogen) atoms. The van der Waals surface area contributed by atoms with Crippen molar-refractivity contribution in [3.8, 4) is 0 Å². The van der Waals surface area contributed by atoms with Gasteiger partial charge in [0.1, 0.15) is 0 Å². The Bertz CT molecular complexity index is 221. The van der Waals surface area contributed by atoms with Crippen molar-refractivity contribution in [2.75, 3.05) is 0 Å². The van der Waals surface area contributed by atoms with Gasteiger partial charge < -0.3 is 0 Å². The molecule has 0 aromatic heterocycles. The summed E-state index contributed by atoms with van der Waals surface area (Å²) in [6.45, 7) is 6.62. The predicted molar refractivity (Wildman–Crippen MR) is 59.7 cm³/mol. The molecule has 0 aromatic rings. The van der Waals surface area contributed by atoms with E-state index in [4.69, 9.17) is 4.43 Å². The van der Waals surface area contributed by atoms with Crippen molar-refractivity contribution in [1.82, 2.24) is 0 Å². The summed E-state index contributed by atoms with van der Waals surface area (Å²) in [5, 5.41) is 0. The molecule has 0 amide bonds. The van der Waals surface area contributed by atoms with Crippen LogP contribution in [0, 0.1) is 0 Å². The zero-order chi connectivity index (χ0) is 8.48. The van der Waals surface area contributed by atoms with E-state index in [-0.39, 0.29) is 24.8 Å². The minimum Gasteiger partial charge on any atom is -0.147 e. The maximum atomic E-state index is 5.84. The molecule has 1 nitrogen and oxygen atoms in total. The van der Waals surface area contributed by atoms with E-state index in [2.05, 4.69) is 52.2 Å². The summed E-state index contributed by atoms with van der Waals surface area (Å²) in [4.78, 5) is 0. The van der Waals surface area contributed by atoms with Crippen LogP contribution in [-0.2, 0) is 24.9 Å². The first-order chi connectivity index (χ1) is 4.99. The number of hydrogen-bond donors (Lipinski definition) is 0. The quantitative estimate of drug-likeness (QED) is 0.701. The SMILES string of the molecule is C[Si](C)(C)OC1=[C]([Ti])CC=C1.Cl.Cl. The van der Waals surface area contributed by atoms with Crippen LogP contribution in [0.3, 0.4) is 0 Å². The van der Waals surface area contributed by atoms with Gasteiger partial charge in [0.05, 0.1) is 0 Å². The molecule has 5 heteroatoms. The van der Waals surface area contributed by atoms with E-state index >= 15 is 0 Å². The van der Waals surface area contributed by atoms with Gasteiger partial charge in [-0.1, -0.05) is 0 Å². The molecule has 1 rings (SSSR count). The molecule has 0 aliphatic heterocycles. The summed E-state index contributed by atoms with van der Waals surface area (Å²) in [6.07, 6.45) is 5.32. The van der Waals surface area contributed by atoms with Crippen molar-refractivity contribution in [1.29, 1.82) is 0 Å². The Labute approximate surface area is 105 Å². The van der Waals surface area contributed by atoms with Crippen LogP contribution in [-0.4, -0.2) is 8.32 Å². The summed E-state index contributed by atoms with van der Waals surface area (Å²) in [7, 11) is -1.37. The van der Waals surface area contributed by atoms with Gasteiger partial charge in [0.2, 0.25) is 0 Å². The van der Waals surface area contributed by atoms with Crippen LogP contribution in [0.2, 0.25) is 19.6 Å². The van der Waals surface area contributed by atoms with Gasteiger partial charge in [-0.05, 0) is 0 Å². The molecule has 0 unspecified atom stereocenters. The van der Waals surface area contributed by atoms with Crippen molar-refractivity contribution in [2.24, 2.45) is 0 Å². The van der Waals surface area contributed by atoms with Gasteiger partial charge in [-0.2, -0.15) is 0 Å². The second-order valence-electron chi connectivity index (χ2n) is 3.66. The van der Waals surface area contributed by atoms with Crippen LogP contribution in [0.5, 0.6) is 0 Å². The Morgan fingerprint density at radius 3 is 2.15 bits per heavy atom. The Hall–Kier alpha value is 0.791. The van der Waals surface area contributed by atoms with E-state index in [1.807, 2.05) is 0 Å². The van der Waals surface area contributed by atoms with Gasteiger partial charge in [-0.3, -0.25) is 0 Å². The van der Waals surface area contributed by atoms with Crippen molar-refractivity contribution in [3.05, 3.63) is 21.8 Å². The average molecular weight is 274 g/mol. The molecule has 0 saturated carbocycles. The standard InChI is InChI=1S/C8H13OSi.2ClH.Ti/c1-10(2,3)9-8-6-4-5-7-8;;;/h4,6H,5H2,1-3H3;2*1H;. The first-order valence-corrected chi connectivity index (χ1v) is 7.98. The first kappa shape index (κ1) is 16.2. The third kappa shape index (κ3) is 5.97. The van der Waals surface area contributed by atoms with E-state index in [1.165, 1.54) is 3.88 Å². The van der Waals surface area contributed by atoms with Crippen LogP contribution < -0.4 is 0 Å². The fraction of sp³-hybridized carbons (Fsp3) is 0.500. The smallest absolute Gasteiger partial charge is 0.147 e. The average Bonchev–Trinajstić information content (AvgIpc) is 2.12. The van der Waals surface area contributed by atoms with Crippen LogP contribution in [0.4, 0.5) is 0 Å². The molecular formula is C8H15Cl2OSiTi. The Kier molecular flexibility index (Phi) is 7.87. The molecule has 0 saturated heterocycles. The molecule has 0 bridgehead atoms. The largest absolute Gasteiger partial charge is 0.147 e. The second-order valence-corrected chi connectivity index (χ2v) is 9.04. The normalized spacial score (nSPS) is 14.9. The minimum atomic E-state index is -1.37. The monoisotopic (exact) mass is 273 g/mol. The fourth-order valence-electron chi connectivity index (χ4n) is 0.910. The van der Waals surface area contributed by atoms with Crippen molar-refractivity contribution < 1.29 is 24.9 Å². The van der Waals surface area contributed by atoms with E-state index in [0.717, 1.165) is 12.2 Å². The molecule has 0 N–H and O–H groups in total. The third-order valence-electron chi connectivity index (χ3n) is 1.30. The van der Waals surface area contributed by atoms with Gasteiger partial charge >= 0.3 is 81.0 Å². The van der Waals surface area contributed by atoms with Crippen LogP contribution >= 0.6 is 24.8 Å². The molecule has 0 heterocycles. The van der Waals surface area contributed by atoms with Crippen molar-refractivity contribution in [2.45, 2.75) is 26.1 Å². The second kappa shape index (κ2) is 6.31. The van der Waals surface area contributed by atoms with Gasteiger partial charge in [0.25, 0.3) is 0 Å². The minimum absolute atomic E-state index is 0. The molecular weight excluding hydrogens is 259 g/mol. The number of halogens is 2. The first-order valence-electron chi connectivity index (χ1n) is 3.79. The van der Waals surface area contributed by atoms with Gasteiger partial charge in [-0.25, -0.2) is 0 Å². The van der Waals surface area contributed by atoms with E-state index in [9.17, 15) is 0 Å². The van der Waals surface area contributed by atoms with Crippen LogP contribution in [0.25, 0.3) is 0 Å². The number of hydrogen-bond acceptors (Lipinski definition) is 1. The van der Waals surface area contributed by atoms with E-state index in [1.54, 1.807) is 0 Å². The summed E-state index contributed by atoms with van der Waals surface area (Å²) >= 11 is 2.13. The fourth-order valence-corrected chi connectivity index (χ4v) is 2.31. The van der Waals surface area contributed by atoms with E-state index < -0.39 is 8.32 Å². The van der Waals surface area contributed by atoms with Crippen molar-refractivity contribution >= 4 is 33.1 Å². The molecule has 1 aliphatic carbocycles. The van der Waals surface area contributed by atoms with Gasteiger partial charge in [0, 0.05) is 0 Å². The van der Waals surface area contributed by atoms with Crippen LogP contribution in [0.15, 0.2) is 21.8 Å². The Morgan fingerprint density at radius 2 is 1.85 bits per heavy atom. The predicted octanol–water partition coefficient (Wildman–Crippen LogP) is 3.40. The number of rotatable bonds is 2. The van der Waals surface area contributed by atoms with Crippen molar-refractivity contribution in [3.63, 3.8) is 0 Å². The molecule has 0 spiro atoms. The molecule has 0 aromatic carbocycles. The topological polar surface area (TPSA) is 9.23 Å². The summed E-state index contributed by atoms with van der Waals surface area (Å²) in [6, 6.07) is 0. The Morgan fingerprint density at radius 1 is 1.31 bits per heavy atom. The molecule has 0 fully saturated rings. The number of allylic oxidation sites excluding steroid dienone is 3. The van der Waals surface area contributed by atoms with Gasteiger partial charge in [0.15, 0.2) is 0 Å². The molecule has 1 aliphatic rings.